The van der Waals surface area contributed by atoms with Gasteiger partial charge in [-0.3, -0.25) is 28.8 Å². The largest absolute Gasteiger partial charge is 0.481 e. The molecule has 5 atom stereocenters. The third-order valence-electron chi connectivity index (χ3n) is 4.46. The molecule has 0 saturated carbocycles. The molecule has 0 spiro atoms. The lowest BCUT2D eigenvalue weighted by Crippen LogP contribution is -2.34. The average Bonchev–Trinajstić information content (AvgIpc) is 2.54. The van der Waals surface area contributed by atoms with Gasteiger partial charge in [-0.2, -0.15) is 0 Å². The van der Waals surface area contributed by atoms with E-state index in [9.17, 15) is 39.0 Å². The molecule has 0 aromatic rings. The molecule has 0 fully saturated rings. The van der Waals surface area contributed by atoms with Gasteiger partial charge in [-0.25, -0.2) is 0 Å². The van der Waals surface area contributed by atoms with E-state index in [0.29, 0.717) is 0 Å². The Morgan fingerprint density at radius 2 is 0.964 bits per heavy atom. The van der Waals surface area contributed by atoms with Crippen molar-refractivity contribution in [2.75, 3.05) is 0 Å². The molecule has 0 aliphatic rings. The lowest BCUT2D eigenvalue weighted by Gasteiger charge is -2.24. The van der Waals surface area contributed by atoms with Crippen molar-refractivity contribution in [2.24, 2.45) is 29.6 Å². The van der Waals surface area contributed by atoms with Crippen LogP contribution in [0.25, 0.3) is 0 Å². The van der Waals surface area contributed by atoms with Gasteiger partial charge < -0.3 is 30.6 Å². The quantitative estimate of drug-likeness (QED) is 0.227. The van der Waals surface area contributed by atoms with Crippen molar-refractivity contribution in [1.82, 2.24) is 0 Å². The van der Waals surface area contributed by atoms with Crippen LogP contribution in [0, 0.1) is 29.6 Å². The molecule has 12 heteroatoms. The first-order chi connectivity index (χ1) is 12.8. The summed E-state index contributed by atoms with van der Waals surface area (Å²) in [5.74, 6) is -17.0. The highest BCUT2D eigenvalue weighted by Gasteiger charge is 2.38. The first-order valence-corrected chi connectivity index (χ1v) is 8.13. The molecule has 0 saturated heterocycles. The van der Waals surface area contributed by atoms with Gasteiger partial charge in [0.05, 0.1) is 36.0 Å². The number of carboxylic acid groups (broad SMARTS) is 6. The van der Waals surface area contributed by atoms with Gasteiger partial charge in [-0.05, 0) is 19.3 Å². The van der Waals surface area contributed by atoms with Gasteiger partial charge in [-0.1, -0.05) is 6.92 Å². The fourth-order valence-corrected chi connectivity index (χ4v) is 2.76. The van der Waals surface area contributed by atoms with E-state index in [2.05, 4.69) is 0 Å². The Morgan fingerprint density at radius 3 is 1.29 bits per heavy atom. The van der Waals surface area contributed by atoms with Crippen LogP contribution in [0.3, 0.4) is 0 Å². The number of hydrogen-bond acceptors (Lipinski definition) is 6. The zero-order valence-electron chi connectivity index (χ0n) is 14.8. The van der Waals surface area contributed by atoms with Crippen molar-refractivity contribution in [3.63, 3.8) is 0 Å². The number of hydrogen-bond donors (Lipinski definition) is 6. The lowest BCUT2D eigenvalue weighted by atomic mass is 9.79. The summed E-state index contributed by atoms with van der Waals surface area (Å²) in [6, 6.07) is 0. The maximum absolute atomic E-state index is 11.5. The number of aliphatic carboxylic acids is 6. The Hall–Kier alpha value is -3.18. The first-order valence-electron chi connectivity index (χ1n) is 8.13. The van der Waals surface area contributed by atoms with E-state index in [-0.39, 0.29) is 0 Å². The molecule has 0 heterocycles. The SMILES string of the molecule is CC(C(=O)O)C(CC(CC(CC(CC(=O)O)C(=O)O)C(=O)O)C(=O)O)C(=O)O. The first kappa shape index (κ1) is 24.8. The number of carbonyl (C=O) groups is 6. The Kier molecular flexibility index (Phi) is 9.61. The lowest BCUT2D eigenvalue weighted by molar-refractivity contribution is -0.156. The Balaban J connectivity index is 5.53. The van der Waals surface area contributed by atoms with E-state index in [1.165, 1.54) is 0 Å². The molecular formula is C16H22O12. The maximum atomic E-state index is 11.5. The summed E-state index contributed by atoms with van der Waals surface area (Å²) in [5.41, 5.74) is 0. The Morgan fingerprint density at radius 1 is 0.571 bits per heavy atom. The van der Waals surface area contributed by atoms with Crippen LogP contribution in [0.15, 0.2) is 0 Å². The van der Waals surface area contributed by atoms with Crippen molar-refractivity contribution in [2.45, 2.75) is 32.6 Å². The number of rotatable bonds is 14. The Labute approximate surface area is 158 Å². The van der Waals surface area contributed by atoms with Gasteiger partial charge >= 0.3 is 35.8 Å². The van der Waals surface area contributed by atoms with Gasteiger partial charge in [0.2, 0.25) is 0 Å². The van der Waals surface area contributed by atoms with Crippen molar-refractivity contribution in [3.8, 4) is 0 Å². The van der Waals surface area contributed by atoms with Crippen LogP contribution in [-0.4, -0.2) is 66.5 Å². The third-order valence-corrected chi connectivity index (χ3v) is 4.46. The molecule has 0 aromatic carbocycles. The van der Waals surface area contributed by atoms with Crippen LogP contribution in [-0.2, 0) is 28.8 Å². The molecule has 12 nitrogen and oxygen atoms in total. The van der Waals surface area contributed by atoms with E-state index in [1.54, 1.807) is 0 Å². The second kappa shape index (κ2) is 10.8. The van der Waals surface area contributed by atoms with Crippen LogP contribution in [0.4, 0.5) is 0 Å². The summed E-state index contributed by atoms with van der Waals surface area (Å²) >= 11 is 0. The van der Waals surface area contributed by atoms with Crippen molar-refractivity contribution < 1.29 is 59.4 Å². The van der Waals surface area contributed by atoms with E-state index in [4.69, 9.17) is 20.4 Å². The van der Waals surface area contributed by atoms with E-state index >= 15 is 0 Å². The monoisotopic (exact) mass is 406 g/mol. The van der Waals surface area contributed by atoms with Crippen LogP contribution in [0.1, 0.15) is 32.6 Å². The zero-order chi connectivity index (χ0) is 22.2. The molecule has 0 rings (SSSR count). The highest BCUT2D eigenvalue weighted by Crippen LogP contribution is 2.29. The fraction of sp³-hybridized carbons (Fsp3) is 0.625. The second-order valence-corrected chi connectivity index (χ2v) is 6.48. The smallest absolute Gasteiger partial charge is 0.307 e. The topological polar surface area (TPSA) is 224 Å². The summed E-state index contributed by atoms with van der Waals surface area (Å²) in [5, 5.41) is 54.4. The molecule has 0 aromatic heterocycles. The summed E-state index contributed by atoms with van der Waals surface area (Å²) in [6.45, 7) is 1.07. The molecule has 158 valence electrons. The molecule has 0 radical (unpaired) electrons. The van der Waals surface area contributed by atoms with Gasteiger partial charge in [0, 0.05) is 0 Å². The standard InChI is InChI=1S/C16H22O12/c1-6(12(19)20)10(16(27)28)4-8(14(23)24)2-7(13(21)22)3-9(15(25)26)5-11(17)18/h6-10H,2-5H2,1H3,(H,17,18)(H,19,20)(H,21,22)(H,23,24)(H,25,26)(H,27,28). The van der Waals surface area contributed by atoms with E-state index < -0.39 is 91.1 Å². The molecule has 0 bridgehead atoms. The minimum Gasteiger partial charge on any atom is -0.481 e. The van der Waals surface area contributed by atoms with Gasteiger partial charge in [0.1, 0.15) is 0 Å². The highest BCUT2D eigenvalue weighted by atomic mass is 16.4. The van der Waals surface area contributed by atoms with Crippen molar-refractivity contribution >= 4 is 35.8 Å². The molecular weight excluding hydrogens is 384 g/mol. The molecule has 5 unspecified atom stereocenters. The van der Waals surface area contributed by atoms with Crippen LogP contribution >= 0.6 is 0 Å². The molecule has 0 amide bonds. The number of carboxylic acids is 6. The van der Waals surface area contributed by atoms with Gasteiger partial charge in [0.15, 0.2) is 0 Å². The summed E-state index contributed by atoms with van der Waals surface area (Å²) in [6.07, 6.45) is -2.90. The molecule has 0 aliphatic heterocycles. The average molecular weight is 406 g/mol. The predicted molar refractivity (Wildman–Crippen MR) is 87.4 cm³/mol. The molecule has 6 N–H and O–H groups in total. The van der Waals surface area contributed by atoms with Crippen LogP contribution in [0.2, 0.25) is 0 Å². The second-order valence-electron chi connectivity index (χ2n) is 6.48. The van der Waals surface area contributed by atoms with Crippen LogP contribution in [0.5, 0.6) is 0 Å². The van der Waals surface area contributed by atoms with Crippen molar-refractivity contribution in [1.29, 1.82) is 0 Å². The maximum Gasteiger partial charge on any atom is 0.307 e. The van der Waals surface area contributed by atoms with E-state index in [1.807, 2.05) is 0 Å². The third kappa shape index (κ3) is 8.01. The minimum absolute atomic E-state index is 0.674. The summed E-state index contributed by atoms with van der Waals surface area (Å²) in [7, 11) is 0. The fourth-order valence-electron chi connectivity index (χ4n) is 2.76. The predicted octanol–water partition coefficient (Wildman–Crippen LogP) is 0.155. The Bertz CT molecular complexity index is 640. The van der Waals surface area contributed by atoms with Gasteiger partial charge in [-0.15, -0.1) is 0 Å². The van der Waals surface area contributed by atoms with E-state index in [0.717, 1.165) is 6.92 Å². The summed E-state index contributed by atoms with van der Waals surface area (Å²) < 4.78 is 0. The van der Waals surface area contributed by atoms with Gasteiger partial charge in [0.25, 0.3) is 0 Å². The summed E-state index contributed by atoms with van der Waals surface area (Å²) in [4.78, 5) is 67.1. The zero-order valence-corrected chi connectivity index (χ0v) is 14.8. The minimum atomic E-state index is -1.61. The molecule has 28 heavy (non-hydrogen) atoms. The normalized spacial score (nSPS) is 16.2. The van der Waals surface area contributed by atoms with Crippen molar-refractivity contribution in [3.05, 3.63) is 0 Å². The van der Waals surface area contributed by atoms with Crippen LogP contribution < -0.4 is 0 Å². The highest BCUT2D eigenvalue weighted by molar-refractivity contribution is 5.81. The molecule has 0 aliphatic carbocycles.